The molecule has 0 aromatic heterocycles. The van der Waals surface area contributed by atoms with Gasteiger partial charge in [0.2, 0.25) is 5.91 Å². The van der Waals surface area contributed by atoms with Crippen molar-refractivity contribution in [3.8, 4) is 6.07 Å². The van der Waals surface area contributed by atoms with Gasteiger partial charge in [-0.15, -0.1) is 0 Å². The van der Waals surface area contributed by atoms with Crippen LogP contribution in [0.3, 0.4) is 0 Å². The van der Waals surface area contributed by atoms with Crippen LogP contribution in [0.5, 0.6) is 0 Å². The Morgan fingerprint density at radius 2 is 1.95 bits per heavy atom. The summed E-state index contributed by atoms with van der Waals surface area (Å²) >= 11 is 0. The first-order valence-corrected chi connectivity index (χ1v) is 8.21. The van der Waals surface area contributed by atoms with E-state index in [4.69, 9.17) is 5.26 Å². The third-order valence-electron chi connectivity index (χ3n) is 6.07. The predicted octanol–water partition coefficient (Wildman–Crippen LogP) is 1.12. The molecule has 3 saturated carbocycles. The molecular weight excluding hydrogens is 285 g/mol. The molecule has 0 aromatic carbocycles. The second-order valence-electron chi connectivity index (χ2n) is 7.32. The maximum absolute atomic E-state index is 13.4. The minimum absolute atomic E-state index is 0.0104. The SMILES string of the molecule is N#CC1CC(F)CN1C(=O)CNC12CCC(CO)(CC1)CC2. The lowest BCUT2D eigenvalue weighted by Gasteiger charge is -2.53. The van der Waals surface area contributed by atoms with Crippen LogP contribution in [0.1, 0.15) is 44.9 Å². The number of hydrogen-bond acceptors (Lipinski definition) is 4. The number of fused-ring (bicyclic) bond motifs is 3. The van der Waals surface area contributed by atoms with Crippen molar-refractivity contribution in [1.82, 2.24) is 10.2 Å². The lowest BCUT2D eigenvalue weighted by Crippen LogP contribution is -2.57. The molecule has 6 heteroatoms. The number of alkyl halides is 1. The standard InChI is InChI=1S/C16H24FN3O2/c17-12-7-13(8-18)20(10-12)14(22)9-19-16-4-1-15(11-21,2-5-16)3-6-16/h12-13,19,21H,1-7,9-11H2. The van der Waals surface area contributed by atoms with Crippen LogP contribution < -0.4 is 5.32 Å². The Labute approximate surface area is 130 Å². The van der Waals surface area contributed by atoms with E-state index in [9.17, 15) is 14.3 Å². The molecule has 2 unspecified atom stereocenters. The van der Waals surface area contributed by atoms with Crippen LogP contribution in [-0.4, -0.2) is 53.4 Å². The highest BCUT2D eigenvalue weighted by Gasteiger charge is 2.48. The van der Waals surface area contributed by atoms with Crippen LogP contribution in [0, 0.1) is 16.7 Å². The molecule has 22 heavy (non-hydrogen) atoms. The Bertz CT molecular complexity index is 466. The summed E-state index contributed by atoms with van der Waals surface area (Å²) in [5, 5.41) is 22.0. The number of rotatable bonds is 4. The fraction of sp³-hybridized carbons (Fsp3) is 0.875. The Kier molecular flexibility index (Phi) is 4.13. The van der Waals surface area contributed by atoms with Gasteiger partial charge in [0.05, 0.1) is 19.2 Å². The number of aliphatic hydroxyl groups is 1. The molecule has 122 valence electrons. The number of carbonyl (C=O) groups excluding carboxylic acids is 1. The largest absolute Gasteiger partial charge is 0.396 e. The Hall–Kier alpha value is -1.19. The maximum atomic E-state index is 13.4. The fourth-order valence-corrected chi connectivity index (χ4v) is 4.31. The molecule has 2 atom stereocenters. The highest BCUT2D eigenvalue weighted by atomic mass is 19.1. The summed E-state index contributed by atoms with van der Waals surface area (Å²) in [4.78, 5) is 13.7. The minimum Gasteiger partial charge on any atom is -0.396 e. The molecule has 1 saturated heterocycles. The number of amides is 1. The molecule has 1 heterocycles. The van der Waals surface area contributed by atoms with Crippen molar-refractivity contribution in [3.63, 3.8) is 0 Å². The zero-order chi connectivity index (χ0) is 15.8. The van der Waals surface area contributed by atoms with Gasteiger partial charge in [-0.2, -0.15) is 5.26 Å². The molecule has 1 aliphatic heterocycles. The quantitative estimate of drug-likeness (QED) is 0.816. The average molecular weight is 309 g/mol. The summed E-state index contributed by atoms with van der Waals surface area (Å²) in [6, 6.07) is 1.39. The van der Waals surface area contributed by atoms with Crippen LogP contribution in [-0.2, 0) is 4.79 Å². The van der Waals surface area contributed by atoms with E-state index < -0.39 is 12.2 Å². The molecule has 0 aromatic rings. The number of carbonyl (C=O) groups is 1. The molecule has 4 aliphatic rings. The maximum Gasteiger partial charge on any atom is 0.237 e. The van der Waals surface area contributed by atoms with Crippen molar-refractivity contribution in [3.05, 3.63) is 0 Å². The molecule has 0 spiro atoms. The third-order valence-corrected chi connectivity index (χ3v) is 6.07. The van der Waals surface area contributed by atoms with E-state index in [1.807, 2.05) is 6.07 Å². The van der Waals surface area contributed by atoms with E-state index >= 15 is 0 Å². The normalized spacial score (nSPS) is 40.7. The van der Waals surface area contributed by atoms with Gasteiger partial charge in [-0.25, -0.2) is 4.39 Å². The second-order valence-corrected chi connectivity index (χ2v) is 7.32. The topological polar surface area (TPSA) is 76.4 Å². The minimum atomic E-state index is -1.08. The lowest BCUT2D eigenvalue weighted by molar-refractivity contribution is -0.131. The van der Waals surface area contributed by atoms with Gasteiger partial charge in [-0.05, 0) is 43.9 Å². The number of likely N-dealkylation sites (tertiary alicyclic amines) is 1. The highest BCUT2D eigenvalue weighted by Crippen LogP contribution is 2.51. The number of nitriles is 1. The zero-order valence-electron chi connectivity index (χ0n) is 12.9. The van der Waals surface area contributed by atoms with E-state index in [0.717, 1.165) is 38.5 Å². The monoisotopic (exact) mass is 309 g/mol. The van der Waals surface area contributed by atoms with Crippen LogP contribution in [0.2, 0.25) is 0 Å². The summed E-state index contributed by atoms with van der Waals surface area (Å²) in [7, 11) is 0. The van der Waals surface area contributed by atoms with Crippen LogP contribution in [0.15, 0.2) is 0 Å². The van der Waals surface area contributed by atoms with Crippen molar-refractivity contribution < 1.29 is 14.3 Å². The van der Waals surface area contributed by atoms with E-state index in [0.29, 0.717) is 0 Å². The first-order valence-electron chi connectivity index (χ1n) is 8.21. The van der Waals surface area contributed by atoms with Crippen molar-refractivity contribution in [1.29, 1.82) is 5.26 Å². The van der Waals surface area contributed by atoms with Crippen LogP contribution >= 0.6 is 0 Å². The number of hydrogen-bond donors (Lipinski definition) is 2. The molecule has 4 rings (SSSR count). The number of nitrogens with zero attached hydrogens (tertiary/aromatic N) is 2. The van der Waals surface area contributed by atoms with Crippen molar-refractivity contribution in [2.24, 2.45) is 5.41 Å². The van der Waals surface area contributed by atoms with Crippen molar-refractivity contribution >= 4 is 5.91 Å². The first kappa shape index (κ1) is 15.7. The van der Waals surface area contributed by atoms with E-state index in [1.54, 1.807) is 0 Å². The summed E-state index contributed by atoms with van der Waals surface area (Å²) in [5.74, 6) is -0.175. The predicted molar refractivity (Wildman–Crippen MR) is 78.6 cm³/mol. The Balaban J connectivity index is 1.55. The summed E-state index contributed by atoms with van der Waals surface area (Å²) < 4.78 is 13.4. The number of halogens is 1. The molecule has 1 amide bonds. The van der Waals surface area contributed by atoms with Gasteiger partial charge in [-0.1, -0.05) is 0 Å². The first-order chi connectivity index (χ1) is 10.5. The van der Waals surface area contributed by atoms with Gasteiger partial charge in [0.15, 0.2) is 0 Å². The summed E-state index contributed by atoms with van der Waals surface area (Å²) in [6.07, 6.45) is 5.00. The van der Waals surface area contributed by atoms with Crippen molar-refractivity contribution in [2.75, 3.05) is 19.7 Å². The molecule has 4 fully saturated rings. The van der Waals surface area contributed by atoms with Gasteiger partial charge in [0, 0.05) is 18.6 Å². The molecule has 5 nitrogen and oxygen atoms in total. The van der Waals surface area contributed by atoms with Crippen molar-refractivity contribution in [2.45, 2.75) is 62.7 Å². The fourth-order valence-electron chi connectivity index (χ4n) is 4.31. The third kappa shape index (κ3) is 2.72. The highest BCUT2D eigenvalue weighted by molar-refractivity contribution is 5.79. The van der Waals surface area contributed by atoms with Gasteiger partial charge in [0.1, 0.15) is 12.2 Å². The van der Waals surface area contributed by atoms with E-state index in [1.165, 1.54) is 4.90 Å². The van der Waals surface area contributed by atoms with Crippen LogP contribution in [0.4, 0.5) is 4.39 Å². The van der Waals surface area contributed by atoms with Crippen LogP contribution in [0.25, 0.3) is 0 Å². The lowest BCUT2D eigenvalue weighted by atomic mass is 9.57. The smallest absolute Gasteiger partial charge is 0.237 e. The second kappa shape index (κ2) is 5.78. The molecule has 0 radical (unpaired) electrons. The Morgan fingerprint density at radius 3 is 2.50 bits per heavy atom. The van der Waals surface area contributed by atoms with Gasteiger partial charge in [-0.3, -0.25) is 4.79 Å². The number of nitrogens with one attached hydrogen (secondary N) is 1. The molecule has 3 aliphatic carbocycles. The van der Waals surface area contributed by atoms with E-state index in [2.05, 4.69) is 5.32 Å². The average Bonchev–Trinajstić information content (AvgIpc) is 2.95. The number of aliphatic hydroxyl groups excluding tert-OH is 1. The van der Waals surface area contributed by atoms with Gasteiger partial charge in [0.25, 0.3) is 0 Å². The molecule has 2 N–H and O–H groups in total. The molecular formula is C16H24FN3O2. The summed E-state index contributed by atoms with van der Waals surface area (Å²) in [5.41, 5.74) is 0.0965. The zero-order valence-corrected chi connectivity index (χ0v) is 12.9. The Morgan fingerprint density at radius 1 is 1.32 bits per heavy atom. The van der Waals surface area contributed by atoms with Gasteiger partial charge < -0.3 is 15.3 Å². The van der Waals surface area contributed by atoms with Gasteiger partial charge >= 0.3 is 0 Å². The van der Waals surface area contributed by atoms with E-state index in [-0.39, 0.29) is 43.0 Å². The molecule has 2 bridgehead atoms. The summed E-state index contributed by atoms with van der Waals surface area (Å²) in [6.45, 7) is 0.480.